The first-order valence-electron chi connectivity index (χ1n) is 6.79. The van der Waals surface area contributed by atoms with Crippen LogP contribution in [0.2, 0.25) is 0 Å². The van der Waals surface area contributed by atoms with Gasteiger partial charge in [0.1, 0.15) is 5.75 Å². The number of rotatable bonds is 9. The zero-order chi connectivity index (χ0) is 13.2. The molecule has 0 aliphatic carbocycles. The number of likely N-dealkylation sites (N-methyl/N-ethyl adjacent to an activating group) is 1. The predicted octanol–water partition coefficient (Wildman–Crippen LogP) is 3.36. The molecule has 0 saturated carbocycles. The summed E-state index contributed by atoms with van der Waals surface area (Å²) in [6, 6.07) is 9.00. The lowest BCUT2D eigenvalue weighted by atomic mass is 10.1. The minimum Gasteiger partial charge on any atom is -0.493 e. The molecule has 1 aromatic rings. The molecule has 0 amide bonds. The summed E-state index contributed by atoms with van der Waals surface area (Å²) in [5, 5.41) is 3.42. The highest BCUT2D eigenvalue weighted by molar-refractivity contribution is 7.99. The molecular weight excluding hydrogens is 242 g/mol. The summed E-state index contributed by atoms with van der Waals surface area (Å²) < 4.78 is 5.68. The van der Waals surface area contributed by atoms with Crippen LogP contribution in [0.25, 0.3) is 0 Å². The average Bonchev–Trinajstić information content (AvgIpc) is 2.37. The Morgan fingerprint density at radius 1 is 1.22 bits per heavy atom. The van der Waals surface area contributed by atoms with E-state index in [4.69, 9.17) is 4.74 Å². The smallest absolute Gasteiger partial charge is 0.119 e. The average molecular weight is 267 g/mol. The van der Waals surface area contributed by atoms with Crippen LogP contribution in [0.15, 0.2) is 24.3 Å². The van der Waals surface area contributed by atoms with Gasteiger partial charge in [0.2, 0.25) is 0 Å². The molecule has 1 N–H and O–H groups in total. The molecule has 1 unspecified atom stereocenters. The van der Waals surface area contributed by atoms with Crippen LogP contribution in [-0.2, 0) is 6.42 Å². The molecule has 0 aliphatic rings. The maximum absolute atomic E-state index is 5.68. The van der Waals surface area contributed by atoms with E-state index in [9.17, 15) is 0 Å². The second-order valence-corrected chi connectivity index (χ2v) is 5.75. The third-order valence-electron chi connectivity index (χ3n) is 2.72. The van der Waals surface area contributed by atoms with Crippen LogP contribution >= 0.6 is 11.8 Å². The number of thioether (sulfide) groups is 1. The van der Waals surface area contributed by atoms with E-state index < -0.39 is 0 Å². The first-order valence-corrected chi connectivity index (χ1v) is 7.94. The van der Waals surface area contributed by atoms with Gasteiger partial charge >= 0.3 is 0 Å². The number of benzene rings is 1. The lowest BCUT2D eigenvalue weighted by Crippen LogP contribution is -2.27. The summed E-state index contributed by atoms with van der Waals surface area (Å²) in [4.78, 5) is 0. The van der Waals surface area contributed by atoms with Crippen molar-refractivity contribution in [1.29, 1.82) is 0 Å². The molecule has 1 rings (SSSR count). The molecule has 18 heavy (non-hydrogen) atoms. The van der Waals surface area contributed by atoms with Gasteiger partial charge in [-0.15, -0.1) is 0 Å². The van der Waals surface area contributed by atoms with Crippen molar-refractivity contribution < 1.29 is 4.74 Å². The molecule has 0 spiro atoms. The van der Waals surface area contributed by atoms with Crippen LogP contribution in [0, 0.1) is 0 Å². The van der Waals surface area contributed by atoms with Crippen LogP contribution in [0.3, 0.4) is 0 Å². The fourth-order valence-corrected chi connectivity index (χ4v) is 2.35. The monoisotopic (exact) mass is 267 g/mol. The lowest BCUT2D eigenvalue weighted by Gasteiger charge is -2.12. The predicted molar refractivity (Wildman–Crippen MR) is 81.8 cm³/mol. The van der Waals surface area contributed by atoms with E-state index in [-0.39, 0.29) is 0 Å². The van der Waals surface area contributed by atoms with Crippen LogP contribution in [0.1, 0.15) is 26.3 Å². The van der Waals surface area contributed by atoms with Gasteiger partial charge in [0.25, 0.3) is 0 Å². The molecular formula is C15H25NOS. The van der Waals surface area contributed by atoms with E-state index in [0.29, 0.717) is 6.04 Å². The maximum Gasteiger partial charge on any atom is 0.119 e. The van der Waals surface area contributed by atoms with Crippen LogP contribution in [-0.4, -0.2) is 30.7 Å². The van der Waals surface area contributed by atoms with Crippen LogP contribution < -0.4 is 10.1 Å². The quantitative estimate of drug-likeness (QED) is 0.693. The highest BCUT2D eigenvalue weighted by Crippen LogP contribution is 2.14. The largest absolute Gasteiger partial charge is 0.493 e. The zero-order valence-corrected chi connectivity index (χ0v) is 12.6. The normalized spacial score (nSPS) is 12.4. The van der Waals surface area contributed by atoms with E-state index >= 15 is 0 Å². The Morgan fingerprint density at radius 2 is 1.94 bits per heavy atom. The highest BCUT2D eigenvalue weighted by Gasteiger charge is 2.02. The Morgan fingerprint density at radius 3 is 2.56 bits per heavy atom. The van der Waals surface area contributed by atoms with Crippen molar-refractivity contribution in [2.45, 2.75) is 33.2 Å². The SMILES string of the molecule is CCNC(C)Cc1ccc(OCCSCC)cc1. The summed E-state index contributed by atoms with van der Waals surface area (Å²) in [5.41, 5.74) is 1.36. The van der Waals surface area contributed by atoms with Crippen molar-refractivity contribution in [2.24, 2.45) is 0 Å². The van der Waals surface area contributed by atoms with Crippen molar-refractivity contribution in [2.75, 3.05) is 24.7 Å². The second kappa shape index (κ2) is 9.29. The van der Waals surface area contributed by atoms with E-state index in [2.05, 4.69) is 50.4 Å². The summed E-state index contributed by atoms with van der Waals surface area (Å²) in [7, 11) is 0. The van der Waals surface area contributed by atoms with Gasteiger partial charge in [-0.05, 0) is 43.3 Å². The van der Waals surface area contributed by atoms with Crippen molar-refractivity contribution in [3.8, 4) is 5.75 Å². The van der Waals surface area contributed by atoms with E-state index in [1.807, 2.05) is 11.8 Å². The molecule has 0 radical (unpaired) electrons. The zero-order valence-electron chi connectivity index (χ0n) is 11.7. The molecule has 2 nitrogen and oxygen atoms in total. The first-order chi connectivity index (χ1) is 8.76. The highest BCUT2D eigenvalue weighted by atomic mass is 32.2. The van der Waals surface area contributed by atoms with Gasteiger partial charge < -0.3 is 10.1 Å². The topological polar surface area (TPSA) is 21.3 Å². The van der Waals surface area contributed by atoms with Gasteiger partial charge in [-0.1, -0.05) is 26.0 Å². The van der Waals surface area contributed by atoms with E-state index in [1.54, 1.807) is 0 Å². The fourth-order valence-electron chi connectivity index (χ4n) is 1.86. The molecule has 0 heterocycles. The number of hydrogen-bond donors (Lipinski definition) is 1. The lowest BCUT2D eigenvalue weighted by molar-refractivity contribution is 0.344. The molecule has 0 fully saturated rings. The summed E-state index contributed by atoms with van der Waals surface area (Å²) >= 11 is 1.91. The first kappa shape index (κ1) is 15.4. The van der Waals surface area contributed by atoms with E-state index in [1.165, 1.54) is 5.56 Å². The van der Waals surface area contributed by atoms with Gasteiger partial charge in [0.05, 0.1) is 6.61 Å². The number of nitrogens with one attached hydrogen (secondary N) is 1. The summed E-state index contributed by atoms with van der Waals surface area (Å²) in [6.45, 7) is 8.35. The Bertz CT molecular complexity index is 313. The fraction of sp³-hybridized carbons (Fsp3) is 0.600. The van der Waals surface area contributed by atoms with Crippen molar-refractivity contribution in [3.63, 3.8) is 0 Å². The third-order valence-corrected chi connectivity index (χ3v) is 3.58. The molecule has 0 bridgehead atoms. The van der Waals surface area contributed by atoms with Crippen LogP contribution in [0.4, 0.5) is 0 Å². The molecule has 102 valence electrons. The molecule has 3 heteroatoms. The van der Waals surface area contributed by atoms with Crippen LogP contribution in [0.5, 0.6) is 5.75 Å². The Kier molecular flexibility index (Phi) is 7.94. The van der Waals surface area contributed by atoms with Crippen molar-refractivity contribution in [1.82, 2.24) is 5.32 Å². The second-order valence-electron chi connectivity index (χ2n) is 4.35. The van der Waals surface area contributed by atoms with Gasteiger partial charge in [-0.25, -0.2) is 0 Å². The number of ether oxygens (including phenoxy) is 1. The molecule has 0 aromatic heterocycles. The summed E-state index contributed by atoms with van der Waals surface area (Å²) in [5.74, 6) is 3.20. The van der Waals surface area contributed by atoms with E-state index in [0.717, 1.165) is 36.8 Å². The summed E-state index contributed by atoms with van der Waals surface area (Å²) in [6.07, 6.45) is 1.07. The van der Waals surface area contributed by atoms with Gasteiger partial charge in [0.15, 0.2) is 0 Å². The minimum absolute atomic E-state index is 0.530. The van der Waals surface area contributed by atoms with Gasteiger partial charge in [-0.2, -0.15) is 11.8 Å². The standard InChI is InChI=1S/C15H25NOS/c1-4-16-13(3)12-14-6-8-15(9-7-14)17-10-11-18-5-2/h6-9,13,16H,4-5,10-12H2,1-3H3. The molecule has 1 atom stereocenters. The van der Waals surface area contributed by atoms with Gasteiger partial charge in [0, 0.05) is 11.8 Å². The van der Waals surface area contributed by atoms with Crippen molar-refractivity contribution >= 4 is 11.8 Å². The molecule has 0 saturated heterocycles. The van der Waals surface area contributed by atoms with Gasteiger partial charge in [-0.3, -0.25) is 0 Å². The third kappa shape index (κ3) is 6.31. The Balaban J connectivity index is 2.33. The minimum atomic E-state index is 0.530. The Hall–Kier alpha value is -0.670. The maximum atomic E-state index is 5.68. The number of hydrogen-bond acceptors (Lipinski definition) is 3. The molecule has 0 aliphatic heterocycles. The Labute approximate surface area is 116 Å². The molecule has 1 aromatic carbocycles. The van der Waals surface area contributed by atoms with Crippen molar-refractivity contribution in [3.05, 3.63) is 29.8 Å².